The summed E-state index contributed by atoms with van der Waals surface area (Å²) >= 11 is 0. The van der Waals surface area contributed by atoms with Crippen molar-refractivity contribution in [3.8, 4) is 11.5 Å². The smallest absolute Gasteiger partial charge is 0.161 e. The fourth-order valence-corrected chi connectivity index (χ4v) is 2.34. The molecule has 0 spiro atoms. The van der Waals surface area contributed by atoms with Gasteiger partial charge in [-0.05, 0) is 12.6 Å². The maximum absolute atomic E-state index is 14.4. The van der Waals surface area contributed by atoms with Gasteiger partial charge in [-0.15, -0.1) is 0 Å². The molecule has 0 saturated heterocycles. The molecule has 21 heavy (non-hydrogen) atoms. The van der Waals surface area contributed by atoms with Crippen LogP contribution in [0.1, 0.15) is 24.2 Å². The second-order valence-electron chi connectivity index (χ2n) is 4.60. The van der Waals surface area contributed by atoms with Crippen LogP contribution in [0.5, 0.6) is 11.5 Å². The van der Waals surface area contributed by atoms with Crippen LogP contribution in [0.4, 0.5) is 4.39 Å². The van der Waals surface area contributed by atoms with Gasteiger partial charge in [0.05, 0.1) is 26.5 Å². The summed E-state index contributed by atoms with van der Waals surface area (Å²) in [7, 11) is 4.90. The van der Waals surface area contributed by atoms with E-state index in [1.54, 1.807) is 30.1 Å². The third kappa shape index (κ3) is 3.00. The van der Waals surface area contributed by atoms with E-state index in [4.69, 9.17) is 9.47 Å². The van der Waals surface area contributed by atoms with Crippen molar-refractivity contribution in [2.45, 2.75) is 13.0 Å². The van der Waals surface area contributed by atoms with Gasteiger partial charge in [0.2, 0.25) is 0 Å². The Kier molecular flexibility index (Phi) is 4.80. The molecule has 5 nitrogen and oxygen atoms in total. The van der Waals surface area contributed by atoms with Gasteiger partial charge in [0.1, 0.15) is 17.3 Å². The molecule has 2 rings (SSSR count). The Morgan fingerprint density at radius 2 is 2.10 bits per heavy atom. The summed E-state index contributed by atoms with van der Waals surface area (Å²) in [6.45, 7) is 2.65. The van der Waals surface area contributed by atoms with Gasteiger partial charge in [0.15, 0.2) is 5.75 Å². The number of halogens is 1. The summed E-state index contributed by atoms with van der Waals surface area (Å²) in [5.74, 6) is 0.783. The van der Waals surface area contributed by atoms with Gasteiger partial charge in [-0.2, -0.15) is 5.10 Å². The predicted molar refractivity (Wildman–Crippen MR) is 78.2 cm³/mol. The number of aryl methyl sites for hydroxylation is 1. The summed E-state index contributed by atoms with van der Waals surface area (Å²) in [5, 5.41) is 7.46. The SMILES string of the molecule is CCNC(c1ccc(OC)cc1F)c1c(OC)cnn1C. The molecule has 114 valence electrons. The molecular formula is C15H20FN3O2. The van der Waals surface area contributed by atoms with E-state index in [-0.39, 0.29) is 11.9 Å². The molecule has 1 unspecified atom stereocenters. The molecule has 1 aromatic carbocycles. The zero-order chi connectivity index (χ0) is 15.4. The third-order valence-corrected chi connectivity index (χ3v) is 3.37. The van der Waals surface area contributed by atoms with Crippen molar-refractivity contribution < 1.29 is 13.9 Å². The lowest BCUT2D eigenvalue weighted by Gasteiger charge is -2.21. The molecule has 0 aliphatic carbocycles. The van der Waals surface area contributed by atoms with Gasteiger partial charge in [0, 0.05) is 18.7 Å². The average Bonchev–Trinajstić information content (AvgIpc) is 2.86. The first-order valence-electron chi connectivity index (χ1n) is 6.75. The van der Waals surface area contributed by atoms with Crippen LogP contribution in [0.15, 0.2) is 24.4 Å². The van der Waals surface area contributed by atoms with Gasteiger partial charge < -0.3 is 14.8 Å². The molecule has 1 aromatic heterocycles. The minimum atomic E-state index is -0.344. The summed E-state index contributed by atoms with van der Waals surface area (Å²) < 4.78 is 26.4. The topological polar surface area (TPSA) is 48.3 Å². The summed E-state index contributed by atoms with van der Waals surface area (Å²) in [6.07, 6.45) is 1.63. The highest BCUT2D eigenvalue weighted by atomic mass is 19.1. The van der Waals surface area contributed by atoms with Gasteiger partial charge in [-0.25, -0.2) is 4.39 Å². The normalized spacial score (nSPS) is 12.2. The number of nitrogens with zero attached hydrogens (tertiary/aromatic N) is 2. The van der Waals surface area contributed by atoms with E-state index >= 15 is 0 Å². The van der Waals surface area contributed by atoms with Crippen molar-refractivity contribution in [1.82, 2.24) is 15.1 Å². The molecule has 0 aliphatic rings. The van der Waals surface area contributed by atoms with E-state index in [2.05, 4.69) is 10.4 Å². The van der Waals surface area contributed by atoms with Crippen LogP contribution in [0.3, 0.4) is 0 Å². The molecule has 0 radical (unpaired) electrons. The van der Waals surface area contributed by atoms with Crippen molar-refractivity contribution >= 4 is 0 Å². The molecule has 0 amide bonds. The minimum Gasteiger partial charge on any atom is -0.497 e. The molecule has 6 heteroatoms. The summed E-state index contributed by atoms with van der Waals surface area (Å²) in [5.41, 5.74) is 1.31. The van der Waals surface area contributed by atoms with Gasteiger partial charge in [0.25, 0.3) is 0 Å². The number of benzene rings is 1. The lowest BCUT2D eigenvalue weighted by molar-refractivity contribution is 0.398. The van der Waals surface area contributed by atoms with Crippen LogP contribution < -0.4 is 14.8 Å². The highest BCUT2D eigenvalue weighted by Gasteiger charge is 2.24. The number of aromatic nitrogens is 2. The number of ether oxygens (including phenoxy) is 2. The number of nitrogens with one attached hydrogen (secondary N) is 1. The van der Waals surface area contributed by atoms with Crippen molar-refractivity contribution in [2.24, 2.45) is 7.05 Å². The van der Waals surface area contributed by atoms with Gasteiger partial charge in [-0.3, -0.25) is 4.68 Å². The Labute approximate surface area is 123 Å². The number of hydrogen-bond acceptors (Lipinski definition) is 4. The Bertz CT molecular complexity index is 613. The standard InChI is InChI=1S/C15H20FN3O2/c1-5-17-14(15-13(21-4)9-18-19(15)2)11-7-6-10(20-3)8-12(11)16/h6-9,14,17H,5H2,1-4H3. The Morgan fingerprint density at radius 1 is 1.33 bits per heavy atom. The molecule has 2 aromatic rings. The van der Waals surface area contributed by atoms with Crippen LogP contribution in [0, 0.1) is 5.82 Å². The van der Waals surface area contributed by atoms with Crippen molar-refractivity contribution in [3.63, 3.8) is 0 Å². The Balaban J connectivity index is 2.50. The average molecular weight is 293 g/mol. The molecule has 0 fully saturated rings. The first kappa shape index (κ1) is 15.3. The molecule has 0 bridgehead atoms. The maximum Gasteiger partial charge on any atom is 0.161 e. The van der Waals surface area contributed by atoms with Crippen LogP contribution >= 0.6 is 0 Å². The second-order valence-corrected chi connectivity index (χ2v) is 4.60. The highest BCUT2D eigenvalue weighted by molar-refractivity contribution is 5.39. The number of hydrogen-bond donors (Lipinski definition) is 1. The summed E-state index contributed by atoms with van der Waals surface area (Å²) in [4.78, 5) is 0. The zero-order valence-corrected chi connectivity index (χ0v) is 12.7. The largest absolute Gasteiger partial charge is 0.497 e. The lowest BCUT2D eigenvalue weighted by Crippen LogP contribution is -2.25. The van der Waals surface area contributed by atoms with E-state index in [9.17, 15) is 4.39 Å². The molecule has 1 heterocycles. The van der Waals surface area contributed by atoms with Crippen LogP contribution in [-0.4, -0.2) is 30.5 Å². The minimum absolute atomic E-state index is 0.330. The number of rotatable bonds is 6. The Hall–Kier alpha value is -2.08. The summed E-state index contributed by atoms with van der Waals surface area (Å²) in [6, 6.07) is 4.49. The Morgan fingerprint density at radius 3 is 2.67 bits per heavy atom. The zero-order valence-electron chi connectivity index (χ0n) is 12.7. The van der Waals surface area contributed by atoms with Gasteiger partial charge >= 0.3 is 0 Å². The van der Waals surface area contributed by atoms with Gasteiger partial charge in [-0.1, -0.05) is 13.0 Å². The molecule has 1 N–H and O–H groups in total. The van der Waals surface area contributed by atoms with Crippen LogP contribution in [0.2, 0.25) is 0 Å². The fourth-order valence-electron chi connectivity index (χ4n) is 2.34. The first-order valence-corrected chi connectivity index (χ1v) is 6.75. The van der Waals surface area contributed by atoms with Crippen molar-refractivity contribution in [3.05, 3.63) is 41.5 Å². The molecule has 0 saturated carbocycles. The highest BCUT2D eigenvalue weighted by Crippen LogP contribution is 2.32. The van der Waals surface area contributed by atoms with Crippen molar-refractivity contribution in [1.29, 1.82) is 0 Å². The van der Waals surface area contributed by atoms with E-state index in [1.165, 1.54) is 13.2 Å². The van der Waals surface area contributed by atoms with E-state index in [0.29, 0.717) is 23.6 Å². The monoisotopic (exact) mass is 293 g/mol. The maximum atomic E-state index is 14.4. The van der Waals surface area contributed by atoms with Crippen LogP contribution in [0.25, 0.3) is 0 Å². The number of methoxy groups -OCH3 is 2. The van der Waals surface area contributed by atoms with E-state index in [0.717, 1.165) is 5.69 Å². The first-order chi connectivity index (χ1) is 10.1. The van der Waals surface area contributed by atoms with Crippen molar-refractivity contribution in [2.75, 3.05) is 20.8 Å². The lowest BCUT2D eigenvalue weighted by atomic mass is 10.0. The third-order valence-electron chi connectivity index (χ3n) is 3.37. The molecular weight excluding hydrogens is 273 g/mol. The van der Waals surface area contributed by atoms with Crippen LogP contribution in [-0.2, 0) is 7.05 Å². The van der Waals surface area contributed by atoms with E-state index in [1.807, 2.05) is 14.0 Å². The quantitative estimate of drug-likeness (QED) is 0.887. The predicted octanol–water partition coefficient (Wildman–Crippen LogP) is 2.28. The molecule has 1 atom stereocenters. The second kappa shape index (κ2) is 6.58. The fraction of sp³-hybridized carbons (Fsp3) is 0.400. The molecule has 0 aliphatic heterocycles. The van der Waals surface area contributed by atoms with E-state index < -0.39 is 0 Å².